The topological polar surface area (TPSA) is 60.9 Å². The number of piperazine rings is 1. The monoisotopic (exact) mass is 463 g/mol. The average molecular weight is 464 g/mol. The summed E-state index contributed by atoms with van der Waals surface area (Å²) in [7, 11) is 0. The first-order chi connectivity index (χ1) is 16.8. The van der Waals surface area contributed by atoms with Crippen LogP contribution in [-0.2, 0) is 24.1 Å². The molecule has 0 spiro atoms. The highest BCUT2D eigenvalue weighted by Gasteiger charge is 2.30. The molecule has 3 fully saturated rings. The fourth-order valence-electron chi connectivity index (χ4n) is 5.78. The molecule has 2 aromatic rings. The number of aromatic nitrogens is 3. The molecule has 0 amide bonds. The van der Waals surface area contributed by atoms with Crippen LogP contribution >= 0.6 is 0 Å². The van der Waals surface area contributed by atoms with Crippen LogP contribution < -0.4 is 9.80 Å². The number of morpholine rings is 1. The van der Waals surface area contributed by atoms with E-state index >= 15 is 0 Å². The van der Waals surface area contributed by atoms with Gasteiger partial charge in [0, 0.05) is 83.1 Å². The number of ether oxygens (including phenoxy) is 1. The summed E-state index contributed by atoms with van der Waals surface area (Å²) in [5.41, 5.74) is 3.90. The molecule has 0 radical (unpaired) electrons. The molecule has 3 aliphatic heterocycles. The molecule has 0 atom stereocenters. The van der Waals surface area contributed by atoms with Gasteiger partial charge in [-0.1, -0.05) is 12.5 Å². The lowest BCUT2D eigenvalue weighted by Gasteiger charge is -2.43. The molecule has 182 valence electrons. The number of fused-ring (bicyclic) bond motifs is 1. The predicted molar refractivity (Wildman–Crippen MR) is 133 cm³/mol. The van der Waals surface area contributed by atoms with E-state index in [0.29, 0.717) is 0 Å². The van der Waals surface area contributed by atoms with Crippen LogP contribution in [0.5, 0.6) is 0 Å². The molecule has 0 bridgehead atoms. The van der Waals surface area contributed by atoms with Crippen molar-refractivity contribution in [2.75, 3.05) is 75.4 Å². The summed E-state index contributed by atoms with van der Waals surface area (Å²) in [6, 6.07) is 5.25. The first kappa shape index (κ1) is 22.2. The second kappa shape index (κ2) is 10.1. The third kappa shape index (κ3) is 4.76. The van der Waals surface area contributed by atoms with Crippen molar-refractivity contribution in [3.05, 3.63) is 41.5 Å². The van der Waals surface area contributed by atoms with Crippen molar-refractivity contribution in [1.82, 2.24) is 24.8 Å². The summed E-state index contributed by atoms with van der Waals surface area (Å²) in [5.74, 6) is 2.25. The lowest BCUT2D eigenvalue weighted by atomic mass is 9.91. The number of pyridine rings is 1. The van der Waals surface area contributed by atoms with Gasteiger partial charge in [-0.3, -0.25) is 9.80 Å². The van der Waals surface area contributed by atoms with Crippen LogP contribution in [0.25, 0.3) is 0 Å². The van der Waals surface area contributed by atoms with Crippen molar-refractivity contribution >= 4 is 11.6 Å². The van der Waals surface area contributed by atoms with E-state index < -0.39 is 0 Å². The maximum atomic E-state index is 5.46. The minimum atomic E-state index is 0.791. The fourth-order valence-corrected chi connectivity index (χ4v) is 5.78. The van der Waals surface area contributed by atoms with E-state index in [-0.39, 0.29) is 0 Å². The molecule has 34 heavy (non-hydrogen) atoms. The van der Waals surface area contributed by atoms with Crippen molar-refractivity contribution in [1.29, 1.82) is 0 Å². The normalized spacial score (nSPS) is 22.8. The second-order valence-corrected chi connectivity index (χ2v) is 10.1. The SMILES string of the molecule is c1nc2c(c(N3CCN(C4CCC4)CC3)n1)CCN(Cc1ccc(N3CCOCC3)nc1)CC2. The minimum Gasteiger partial charge on any atom is -0.378 e. The third-order valence-corrected chi connectivity index (χ3v) is 8.11. The summed E-state index contributed by atoms with van der Waals surface area (Å²) < 4.78 is 5.46. The Bertz CT molecular complexity index is 950. The smallest absolute Gasteiger partial charge is 0.135 e. The van der Waals surface area contributed by atoms with Gasteiger partial charge in [0.05, 0.1) is 18.9 Å². The Morgan fingerprint density at radius 1 is 0.824 bits per heavy atom. The van der Waals surface area contributed by atoms with Crippen molar-refractivity contribution in [2.45, 2.75) is 44.7 Å². The second-order valence-electron chi connectivity index (χ2n) is 10.1. The predicted octanol–water partition coefficient (Wildman–Crippen LogP) is 1.98. The Balaban J connectivity index is 1.07. The maximum Gasteiger partial charge on any atom is 0.135 e. The number of nitrogens with zero attached hydrogens (tertiary/aromatic N) is 7. The van der Waals surface area contributed by atoms with Crippen LogP contribution in [0.15, 0.2) is 24.7 Å². The van der Waals surface area contributed by atoms with Gasteiger partial charge in [0.25, 0.3) is 0 Å². The van der Waals surface area contributed by atoms with Crippen molar-refractivity contribution < 1.29 is 4.74 Å². The van der Waals surface area contributed by atoms with E-state index in [1.54, 1.807) is 6.33 Å². The molecule has 8 heteroatoms. The highest BCUT2D eigenvalue weighted by Crippen LogP contribution is 2.29. The Hall–Kier alpha value is -2.29. The zero-order valence-corrected chi connectivity index (χ0v) is 20.2. The quantitative estimate of drug-likeness (QED) is 0.667. The van der Waals surface area contributed by atoms with Gasteiger partial charge in [-0.15, -0.1) is 0 Å². The van der Waals surface area contributed by atoms with Crippen LogP contribution in [0.2, 0.25) is 0 Å². The molecule has 1 saturated carbocycles. The molecule has 0 N–H and O–H groups in total. The number of hydrogen-bond acceptors (Lipinski definition) is 8. The summed E-state index contributed by atoms with van der Waals surface area (Å²) in [4.78, 5) is 24.3. The number of rotatable bonds is 5. The van der Waals surface area contributed by atoms with Gasteiger partial charge in [-0.25, -0.2) is 15.0 Å². The van der Waals surface area contributed by atoms with Gasteiger partial charge in [0.15, 0.2) is 0 Å². The summed E-state index contributed by atoms with van der Waals surface area (Å²) >= 11 is 0. The first-order valence-electron chi connectivity index (χ1n) is 13.2. The van der Waals surface area contributed by atoms with E-state index in [1.807, 2.05) is 0 Å². The van der Waals surface area contributed by atoms with E-state index in [4.69, 9.17) is 19.7 Å². The van der Waals surface area contributed by atoms with E-state index in [0.717, 1.165) is 83.7 Å². The Labute approximate surface area is 202 Å². The molecule has 4 aliphatic rings. The largest absolute Gasteiger partial charge is 0.378 e. The Morgan fingerprint density at radius 3 is 2.38 bits per heavy atom. The molecular formula is C26H37N7O. The molecule has 5 heterocycles. The Kier molecular flexibility index (Phi) is 6.62. The zero-order valence-electron chi connectivity index (χ0n) is 20.2. The van der Waals surface area contributed by atoms with Gasteiger partial charge in [0.1, 0.15) is 18.0 Å². The van der Waals surface area contributed by atoms with Crippen LogP contribution in [0.1, 0.15) is 36.1 Å². The zero-order chi connectivity index (χ0) is 22.7. The van der Waals surface area contributed by atoms with Crippen LogP contribution in [0.3, 0.4) is 0 Å². The van der Waals surface area contributed by atoms with Crippen LogP contribution in [0.4, 0.5) is 11.6 Å². The molecule has 1 aliphatic carbocycles. The molecule has 2 saturated heterocycles. The van der Waals surface area contributed by atoms with Gasteiger partial charge in [0.2, 0.25) is 0 Å². The minimum absolute atomic E-state index is 0.791. The highest BCUT2D eigenvalue weighted by atomic mass is 16.5. The fraction of sp³-hybridized carbons (Fsp3) is 0.654. The third-order valence-electron chi connectivity index (χ3n) is 8.11. The van der Waals surface area contributed by atoms with Gasteiger partial charge in [-0.05, 0) is 30.9 Å². The van der Waals surface area contributed by atoms with Crippen LogP contribution in [0, 0.1) is 0 Å². The average Bonchev–Trinajstić information content (AvgIpc) is 3.07. The van der Waals surface area contributed by atoms with Gasteiger partial charge in [-0.2, -0.15) is 0 Å². The van der Waals surface area contributed by atoms with E-state index in [2.05, 4.69) is 37.9 Å². The van der Waals surface area contributed by atoms with Gasteiger partial charge >= 0.3 is 0 Å². The molecule has 0 aromatic carbocycles. The van der Waals surface area contributed by atoms with Crippen LogP contribution in [-0.4, -0.2) is 96.4 Å². The molecule has 8 nitrogen and oxygen atoms in total. The molecular weight excluding hydrogens is 426 g/mol. The summed E-state index contributed by atoms with van der Waals surface area (Å²) in [5, 5.41) is 0. The summed E-state index contributed by atoms with van der Waals surface area (Å²) in [6.45, 7) is 11.0. The highest BCUT2D eigenvalue weighted by molar-refractivity contribution is 5.50. The number of hydrogen-bond donors (Lipinski definition) is 0. The first-order valence-corrected chi connectivity index (χ1v) is 13.2. The summed E-state index contributed by atoms with van der Waals surface area (Å²) in [6.07, 6.45) is 10.1. The standard InChI is InChI=1S/C26H37N7O/c1-2-22(3-1)31-10-12-33(13-11-31)26-23-6-8-30(9-7-24(23)28-20-29-26)19-21-4-5-25(27-18-21)32-14-16-34-17-15-32/h4-5,18,20,22H,1-3,6-17,19H2. The maximum absolute atomic E-state index is 5.46. The van der Waals surface area contributed by atoms with E-state index in [9.17, 15) is 0 Å². The van der Waals surface area contributed by atoms with Crippen molar-refractivity contribution in [3.8, 4) is 0 Å². The molecule has 6 rings (SSSR count). The number of anilines is 2. The lowest BCUT2D eigenvalue weighted by Crippen LogP contribution is -2.52. The van der Waals surface area contributed by atoms with Crippen molar-refractivity contribution in [2.24, 2.45) is 0 Å². The Morgan fingerprint density at radius 2 is 1.65 bits per heavy atom. The van der Waals surface area contributed by atoms with Crippen molar-refractivity contribution in [3.63, 3.8) is 0 Å². The van der Waals surface area contributed by atoms with Gasteiger partial charge < -0.3 is 14.5 Å². The van der Waals surface area contributed by atoms with E-state index in [1.165, 1.54) is 55.0 Å². The molecule has 0 unspecified atom stereocenters. The molecule has 2 aromatic heterocycles. The lowest BCUT2D eigenvalue weighted by molar-refractivity contribution is 0.120.